The summed E-state index contributed by atoms with van der Waals surface area (Å²) < 4.78 is 0. The Morgan fingerprint density at radius 2 is 1.93 bits per heavy atom. The molecule has 0 saturated heterocycles. The molecule has 0 aromatic heterocycles. The van der Waals surface area contributed by atoms with Gasteiger partial charge in [0.1, 0.15) is 0 Å². The first kappa shape index (κ1) is 14.9. The molecule has 0 radical (unpaired) electrons. The predicted molar refractivity (Wildman–Crippen MR) is 66.1 cm³/mol. The molecule has 0 spiro atoms. The average molecular weight is 216 g/mol. The zero-order valence-corrected chi connectivity index (χ0v) is 11.0. The fourth-order valence-electron chi connectivity index (χ4n) is 1.86. The number of rotatable bonds is 8. The maximum Gasteiger partial charge on any atom is 0.0431 e. The minimum absolute atomic E-state index is 0.299. The van der Waals surface area contributed by atoms with E-state index in [1.54, 1.807) is 0 Å². The average Bonchev–Trinajstić information content (AvgIpc) is 2.09. The summed E-state index contributed by atoms with van der Waals surface area (Å²) in [7, 11) is 4.22. The van der Waals surface area contributed by atoms with Crippen molar-refractivity contribution in [1.82, 2.24) is 10.2 Å². The van der Waals surface area contributed by atoms with Crippen LogP contribution in [-0.2, 0) is 0 Å². The highest BCUT2D eigenvalue weighted by molar-refractivity contribution is 4.76. The van der Waals surface area contributed by atoms with Crippen LogP contribution in [0.3, 0.4) is 0 Å². The summed E-state index contributed by atoms with van der Waals surface area (Å²) in [6.07, 6.45) is 1.94. The molecule has 0 saturated carbocycles. The molecule has 2 N–H and O–H groups in total. The lowest BCUT2D eigenvalue weighted by Gasteiger charge is -2.30. The lowest BCUT2D eigenvalue weighted by Crippen LogP contribution is -2.40. The van der Waals surface area contributed by atoms with Gasteiger partial charge >= 0.3 is 0 Å². The third-order valence-corrected chi connectivity index (χ3v) is 2.47. The zero-order valence-electron chi connectivity index (χ0n) is 11.0. The largest absolute Gasteiger partial charge is 0.396 e. The fourth-order valence-corrected chi connectivity index (χ4v) is 1.86. The normalized spacial score (nSPS) is 14.6. The van der Waals surface area contributed by atoms with Gasteiger partial charge in [-0.25, -0.2) is 0 Å². The van der Waals surface area contributed by atoms with Gasteiger partial charge in [0.15, 0.2) is 0 Å². The molecule has 92 valence electrons. The zero-order chi connectivity index (χ0) is 11.9. The van der Waals surface area contributed by atoms with Crippen molar-refractivity contribution in [2.45, 2.75) is 39.7 Å². The third-order valence-electron chi connectivity index (χ3n) is 2.47. The summed E-state index contributed by atoms with van der Waals surface area (Å²) in [6.45, 7) is 9.15. The summed E-state index contributed by atoms with van der Waals surface area (Å²) in [5, 5.41) is 12.3. The van der Waals surface area contributed by atoms with Crippen LogP contribution < -0.4 is 5.32 Å². The van der Waals surface area contributed by atoms with Crippen LogP contribution in [0, 0.1) is 5.41 Å². The van der Waals surface area contributed by atoms with Crippen molar-refractivity contribution in [2.75, 3.05) is 33.8 Å². The molecule has 0 aliphatic heterocycles. The van der Waals surface area contributed by atoms with E-state index in [2.05, 4.69) is 45.1 Å². The van der Waals surface area contributed by atoms with E-state index >= 15 is 0 Å². The SMILES string of the molecule is CC(CCCO)NCC(C)(C)CN(C)C. The van der Waals surface area contributed by atoms with Crippen LogP contribution in [0.15, 0.2) is 0 Å². The smallest absolute Gasteiger partial charge is 0.0431 e. The monoisotopic (exact) mass is 216 g/mol. The Balaban J connectivity index is 3.71. The van der Waals surface area contributed by atoms with Gasteiger partial charge < -0.3 is 15.3 Å². The van der Waals surface area contributed by atoms with E-state index in [1.807, 2.05) is 0 Å². The van der Waals surface area contributed by atoms with Crippen molar-refractivity contribution >= 4 is 0 Å². The minimum atomic E-state index is 0.299. The van der Waals surface area contributed by atoms with E-state index in [9.17, 15) is 0 Å². The van der Waals surface area contributed by atoms with Crippen molar-refractivity contribution in [3.05, 3.63) is 0 Å². The number of aliphatic hydroxyl groups excluding tert-OH is 1. The second kappa shape index (κ2) is 7.20. The standard InChI is InChI=1S/C12H28N2O/c1-11(7-6-8-15)13-9-12(2,3)10-14(4)5/h11,13,15H,6-10H2,1-5H3. The Morgan fingerprint density at radius 1 is 1.33 bits per heavy atom. The van der Waals surface area contributed by atoms with Gasteiger partial charge in [-0.1, -0.05) is 13.8 Å². The van der Waals surface area contributed by atoms with Gasteiger partial charge in [0, 0.05) is 25.7 Å². The van der Waals surface area contributed by atoms with Gasteiger partial charge in [-0.2, -0.15) is 0 Å². The van der Waals surface area contributed by atoms with Crippen LogP contribution in [-0.4, -0.2) is 49.8 Å². The Morgan fingerprint density at radius 3 is 2.40 bits per heavy atom. The molecule has 0 aromatic rings. The van der Waals surface area contributed by atoms with Crippen LogP contribution in [0.5, 0.6) is 0 Å². The van der Waals surface area contributed by atoms with Crippen LogP contribution in [0.1, 0.15) is 33.6 Å². The Hall–Kier alpha value is -0.120. The van der Waals surface area contributed by atoms with Crippen molar-refractivity contribution in [2.24, 2.45) is 5.41 Å². The quantitative estimate of drug-likeness (QED) is 0.642. The van der Waals surface area contributed by atoms with Gasteiger partial charge in [0.25, 0.3) is 0 Å². The third kappa shape index (κ3) is 8.85. The molecule has 0 aromatic carbocycles. The molecule has 0 aliphatic rings. The molecule has 0 bridgehead atoms. The highest BCUT2D eigenvalue weighted by Crippen LogP contribution is 2.14. The molecule has 0 amide bonds. The number of nitrogens with zero attached hydrogens (tertiary/aromatic N) is 1. The summed E-state index contributed by atoms with van der Waals surface area (Å²) >= 11 is 0. The van der Waals surface area contributed by atoms with Gasteiger partial charge in [-0.05, 0) is 39.3 Å². The lowest BCUT2D eigenvalue weighted by molar-refractivity contribution is 0.221. The molecule has 3 heteroatoms. The summed E-state index contributed by atoms with van der Waals surface area (Å²) in [5.41, 5.74) is 0.303. The van der Waals surface area contributed by atoms with E-state index in [1.165, 1.54) is 0 Å². The second-order valence-electron chi connectivity index (χ2n) is 5.55. The van der Waals surface area contributed by atoms with Crippen LogP contribution >= 0.6 is 0 Å². The highest BCUT2D eigenvalue weighted by atomic mass is 16.2. The van der Waals surface area contributed by atoms with Crippen molar-refractivity contribution < 1.29 is 5.11 Å². The first-order chi connectivity index (χ1) is 6.87. The van der Waals surface area contributed by atoms with Gasteiger partial charge in [0.05, 0.1) is 0 Å². The van der Waals surface area contributed by atoms with Crippen molar-refractivity contribution in [1.29, 1.82) is 0 Å². The van der Waals surface area contributed by atoms with E-state index in [4.69, 9.17) is 5.11 Å². The number of aliphatic hydroxyl groups is 1. The molecule has 3 nitrogen and oxygen atoms in total. The van der Waals surface area contributed by atoms with Gasteiger partial charge in [0.2, 0.25) is 0 Å². The predicted octanol–water partition coefficient (Wildman–Crippen LogP) is 1.32. The molecule has 0 fully saturated rings. The molecule has 1 unspecified atom stereocenters. The molecule has 15 heavy (non-hydrogen) atoms. The Bertz CT molecular complexity index is 158. The van der Waals surface area contributed by atoms with E-state index < -0.39 is 0 Å². The van der Waals surface area contributed by atoms with Crippen molar-refractivity contribution in [3.8, 4) is 0 Å². The number of hydrogen-bond acceptors (Lipinski definition) is 3. The van der Waals surface area contributed by atoms with E-state index in [0.29, 0.717) is 18.1 Å². The first-order valence-corrected chi connectivity index (χ1v) is 5.86. The maximum absolute atomic E-state index is 8.73. The molecule has 0 rings (SSSR count). The number of hydrogen-bond donors (Lipinski definition) is 2. The summed E-state index contributed by atoms with van der Waals surface area (Å²) in [5.74, 6) is 0. The Kier molecular flexibility index (Phi) is 7.14. The molecule has 1 atom stereocenters. The maximum atomic E-state index is 8.73. The van der Waals surface area contributed by atoms with Gasteiger partial charge in [-0.15, -0.1) is 0 Å². The highest BCUT2D eigenvalue weighted by Gasteiger charge is 2.19. The lowest BCUT2D eigenvalue weighted by atomic mass is 9.92. The number of nitrogens with one attached hydrogen (secondary N) is 1. The van der Waals surface area contributed by atoms with E-state index in [0.717, 1.165) is 25.9 Å². The summed E-state index contributed by atoms with van der Waals surface area (Å²) in [6, 6.07) is 0.499. The first-order valence-electron chi connectivity index (χ1n) is 5.86. The molecule has 0 heterocycles. The topological polar surface area (TPSA) is 35.5 Å². The molecular weight excluding hydrogens is 188 g/mol. The van der Waals surface area contributed by atoms with E-state index in [-0.39, 0.29) is 0 Å². The van der Waals surface area contributed by atoms with Gasteiger partial charge in [-0.3, -0.25) is 0 Å². The Labute approximate surface area is 94.9 Å². The fraction of sp³-hybridized carbons (Fsp3) is 1.00. The van der Waals surface area contributed by atoms with Crippen molar-refractivity contribution in [3.63, 3.8) is 0 Å². The molecular formula is C12H28N2O. The van der Waals surface area contributed by atoms with Crippen LogP contribution in [0.2, 0.25) is 0 Å². The second-order valence-corrected chi connectivity index (χ2v) is 5.55. The van der Waals surface area contributed by atoms with Crippen LogP contribution in [0.25, 0.3) is 0 Å². The minimum Gasteiger partial charge on any atom is -0.396 e. The summed E-state index contributed by atoms with van der Waals surface area (Å²) in [4.78, 5) is 2.22. The van der Waals surface area contributed by atoms with Crippen LogP contribution in [0.4, 0.5) is 0 Å². The molecule has 0 aliphatic carbocycles.